The van der Waals surface area contributed by atoms with Crippen LogP contribution in [-0.4, -0.2) is 11.1 Å². The number of fused-ring (bicyclic) bond motifs is 1. The van der Waals surface area contributed by atoms with E-state index >= 15 is 0 Å². The zero-order valence-electron chi connectivity index (χ0n) is 7.77. The molecule has 0 amide bonds. The molecule has 0 aromatic heterocycles. The number of rotatable bonds is 1. The van der Waals surface area contributed by atoms with Crippen LogP contribution in [0, 0.1) is 0 Å². The quantitative estimate of drug-likeness (QED) is 0.777. The predicted molar refractivity (Wildman–Crippen MR) is 57.0 cm³/mol. The van der Waals surface area contributed by atoms with Gasteiger partial charge in [0.05, 0.1) is 5.92 Å². The number of benzene rings is 1. The number of aliphatic carboxylic acids is 1. The maximum atomic E-state index is 10.9. The average Bonchev–Trinajstić information content (AvgIpc) is 2.17. The summed E-state index contributed by atoms with van der Waals surface area (Å²) in [4.78, 5) is 10.9. The summed E-state index contributed by atoms with van der Waals surface area (Å²) < 4.78 is 0. The van der Waals surface area contributed by atoms with Gasteiger partial charge >= 0.3 is 5.97 Å². The largest absolute Gasteiger partial charge is 0.481 e. The molecular formula is C11H13ClO2. The van der Waals surface area contributed by atoms with Crippen LogP contribution in [0.1, 0.15) is 29.9 Å². The number of hydrogen-bond donors (Lipinski definition) is 1. The van der Waals surface area contributed by atoms with E-state index in [0.29, 0.717) is 0 Å². The van der Waals surface area contributed by atoms with Crippen molar-refractivity contribution in [3.8, 4) is 0 Å². The third kappa shape index (κ3) is 1.90. The molecule has 1 aliphatic carbocycles. The van der Waals surface area contributed by atoms with Gasteiger partial charge in [-0.05, 0) is 30.4 Å². The summed E-state index contributed by atoms with van der Waals surface area (Å²) >= 11 is 0. The molecule has 0 fully saturated rings. The highest BCUT2D eigenvalue weighted by Gasteiger charge is 2.25. The first-order valence-electron chi connectivity index (χ1n) is 4.59. The molecule has 2 rings (SSSR count). The van der Waals surface area contributed by atoms with Crippen molar-refractivity contribution in [2.75, 3.05) is 0 Å². The SMILES string of the molecule is Cl.O=C(O)C1CCCc2ccccc21. The van der Waals surface area contributed by atoms with Crippen molar-refractivity contribution in [3.05, 3.63) is 35.4 Å². The van der Waals surface area contributed by atoms with Crippen LogP contribution in [0.25, 0.3) is 0 Å². The fourth-order valence-electron chi connectivity index (χ4n) is 2.01. The van der Waals surface area contributed by atoms with Crippen LogP contribution in [0.15, 0.2) is 24.3 Å². The number of carboxylic acids is 1. The Bertz CT molecular complexity index is 336. The van der Waals surface area contributed by atoms with Crippen LogP contribution in [0.5, 0.6) is 0 Å². The van der Waals surface area contributed by atoms with E-state index in [1.54, 1.807) is 0 Å². The summed E-state index contributed by atoms with van der Waals surface area (Å²) in [5.41, 5.74) is 2.22. The zero-order chi connectivity index (χ0) is 9.26. The van der Waals surface area contributed by atoms with Crippen LogP contribution in [0.4, 0.5) is 0 Å². The molecule has 0 radical (unpaired) electrons. The molecule has 0 heterocycles. The summed E-state index contributed by atoms with van der Waals surface area (Å²) in [6.45, 7) is 0. The Balaban J connectivity index is 0.000000980. The Kier molecular flexibility index (Phi) is 3.53. The van der Waals surface area contributed by atoms with Gasteiger partial charge in [0.15, 0.2) is 0 Å². The second kappa shape index (κ2) is 4.47. The van der Waals surface area contributed by atoms with E-state index in [-0.39, 0.29) is 18.3 Å². The standard InChI is InChI=1S/C11H12O2.ClH/c12-11(13)10-7-3-5-8-4-1-2-6-9(8)10;/h1-2,4,6,10H,3,5,7H2,(H,12,13);1H. The first kappa shape index (κ1) is 11.1. The zero-order valence-corrected chi connectivity index (χ0v) is 8.59. The van der Waals surface area contributed by atoms with Gasteiger partial charge in [0.2, 0.25) is 0 Å². The highest BCUT2D eigenvalue weighted by molar-refractivity contribution is 5.85. The third-order valence-electron chi connectivity index (χ3n) is 2.67. The van der Waals surface area contributed by atoms with Crippen molar-refractivity contribution < 1.29 is 9.90 Å². The topological polar surface area (TPSA) is 37.3 Å². The molecular weight excluding hydrogens is 200 g/mol. The molecule has 1 aromatic rings. The molecule has 0 spiro atoms. The van der Waals surface area contributed by atoms with E-state index < -0.39 is 5.97 Å². The van der Waals surface area contributed by atoms with E-state index in [9.17, 15) is 4.79 Å². The van der Waals surface area contributed by atoms with Crippen LogP contribution in [0.3, 0.4) is 0 Å². The summed E-state index contributed by atoms with van der Waals surface area (Å²) in [5, 5.41) is 8.99. The number of carbonyl (C=O) groups is 1. The van der Waals surface area contributed by atoms with Crippen molar-refractivity contribution in [1.82, 2.24) is 0 Å². The van der Waals surface area contributed by atoms with Gasteiger partial charge in [0.25, 0.3) is 0 Å². The van der Waals surface area contributed by atoms with Crippen LogP contribution >= 0.6 is 12.4 Å². The predicted octanol–water partition coefficient (Wildman–Crippen LogP) is 2.61. The van der Waals surface area contributed by atoms with Gasteiger partial charge in [-0.2, -0.15) is 0 Å². The number of aryl methyl sites for hydroxylation is 1. The molecule has 1 N–H and O–H groups in total. The molecule has 76 valence electrons. The molecule has 14 heavy (non-hydrogen) atoms. The number of hydrogen-bond acceptors (Lipinski definition) is 1. The van der Waals surface area contributed by atoms with E-state index in [2.05, 4.69) is 0 Å². The third-order valence-corrected chi connectivity index (χ3v) is 2.67. The maximum absolute atomic E-state index is 10.9. The Morgan fingerprint density at radius 3 is 2.79 bits per heavy atom. The monoisotopic (exact) mass is 212 g/mol. The fourth-order valence-corrected chi connectivity index (χ4v) is 2.01. The molecule has 1 unspecified atom stereocenters. The number of carboxylic acid groups (broad SMARTS) is 1. The molecule has 0 saturated carbocycles. The first-order chi connectivity index (χ1) is 6.29. The molecule has 0 saturated heterocycles. The molecule has 3 heteroatoms. The second-order valence-corrected chi connectivity index (χ2v) is 3.48. The minimum atomic E-state index is -0.688. The summed E-state index contributed by atoms with van der Waals surface area (Å²) in [6, 6.07) is 7.86. The molecule has 2 nitrogen and oxygen atoms in total. The summed E-state index contributed by atoms with van der Waals surface area (Å²) in [7, 11) is 0. The Hall–Kier alpha value is -1.02. The van der Waals surface area contributed by atoms with Crippen molar-refractivity contribution in [3.63, 3.8) is 0 Å². The maximum Gasteiger partial charge on any atom is 0.310 e. The minimum Gasteiger partial charge on any atom is -0.481 e. The van der Waals surface area contributed by atoms with Crippen molar-refractivity contribution in [2.24, 2.45) is 0 Å². The lowest BCUT2D eigenvalue weighted by Gasteiger charge is -2.21. The lowest BCUT2D eigenvalue weighted by Crippen LogP contribution is -2.17. The Labute approximate surface area is 89.4 Å². The normalized spacial score (nSPS) is 19.3. The van der Waals surface area contributed by atoms with Gasteiger partial charge in [0, 0.05) is 0 Å². The van der Waals surface area contributed by atoms with Gasteiger partial charge in [-0.15, -0.1) is 12.4 Å². The van der Waals surface area contributed by atoms with E-state index in [4.69, 9.17) is 5.11 Å². The van der Waals surface area contributed by atoms with Crippen molar-refractivity contribution in [1.29, 1.82) is 0 Å². The van der Waals surface area contributed by atoms with E-state index in [1.807, 2.05) is 24.3 Å². The van der Waals surface area contributed by atoms with E-state index in [1.165, 1.54) is 5.56 Å². The lowest BCUT2D eigenvalue weighted by atomic mass is 9.83. The number of halogens is 1. The Morgan fingerprint density at radius 1 is 1.36 bits per heavy atom. The molecule has 1 aromatic carbocycles. The summed E-state index contributed by atoms with van der Waals surface area (Å²) in [5.74, 6) is -0.961. The molecule has 0 aliphatic heterocycles. The average molecular weight is 213 g/mol. The van der Waals surface area contributed by atoms with Gasteiger partial charge < -0.3 is 5.11 Å². The lowest BCUT2D eigenvalue weighted by molar-refractivity contribution is -0.139. The highest BCUT2D eigenvalue weighted by atomic mass is 35.5. The van der Waals surface area contributed by atoms with Crippen LogP contribution < -0.4 is 0 Å². The minimum absolute atomic E-state index is 0. The fraction of sp³-hybridized carbons (Fsp3) is 0.364. The van der Waals surface area contributed by atoms with Crippen molar-refractivity contribution >= 4 is 18.4 Å². The van der Waals surface area contributed by atoms with Crippen LogP contribution in [-0.2, 0) is 11.2 Å². The van der Waals surface area contributed by atoms with Gasteiger partial charge in [-0.25, -0.2) is 0 Å². The first-order valence-corrected chi connectivity index (χ1v) is 4.59. The smallest absolute Gasteiger partial charge is 0.310 e. The highest BCUT2D eigenvalue weighted by Crippen LogP contribution is 2.31. The molecule has 1 atom stereocenters. The molecule has 0 bridgehead atoms. The summed E-state index contributed by atoms with van der Waals surface area (Å²) in [6.07, 6.45) is 2.81. The Morgan fingerprint density at radius 2 is 2.07 bits per heavy atom. The van der Waals surface area contributed by atoms with Gasteiger partial charge in [-0.1, -0.05) is 24.3 Å². The van der Waals surface area contributed by atoms with Gasteiger partial charge in [0.1, 0.15) is 0 Å². The molecule has 1 aliphatic rings. The van der Waals surface area contributed by atoms with Crippen LogP contribution in [0.2, 0.25) is 0 Å². The second-order valence-electron chi connectivity index (χ2n) is 3.48. The van der Waals surface area contributed by atoms with E-state index in [0.717, 1.165) is 24.8 Å². The van der Waals surface area contributed by atoms with Crippen molar-refractivity contribution in [2.45, 2.75) is 25.2 Å². The van der Waals surface area contributed by atoms with Gasteiger partial charge in [-0.3, -0.25) is 4.79 Å².